The van der Waals surface area contributed by atoms with Gasteiger partial charge in [0, 0.05) is 31.6 Å². The summed E-state index contributed by atoms with van der Waals surface area (Å²) < 4.78 is 19.9. The molecule has 3 N–H and O–H groups in total. The zero-order chi connectivity index (χ0) is 23.2. The Labute approximate surface area is 199 Å². The first kappa shape index (κ1) is 23.6. The third-order valence-corrected chi connectivity index (χ3v) is 7.31. The lowest BCUT2D eigenvalue weighted by molar-refractivity contribution is -0.120. The van der Waals surface area contributed by atoms with Gasteiger partial charge in [0.05, 0.1) is 30.6 Å². The number of benzene rings is 2. The number of ether oxygens (including phenoxy) is 1. The number of thioether (sulfide) groups is 1. The van der Waals surface area contributed by atoms with Crippen molar-refractivity contribution in [2.45, 2.75) is 23.4 Å². The molecule has 0 bridgehead atoms. The summed E-state index contributed by atoms with van der Waals surface area (Å²) in [6.07, 6.45) is 0.0283. The fraction of sp³-hybridized carbons (Fsp3) is 0.348. The molecule has 1 aliphatic heterocycles. The average molecular weight is 489 g/mol. The predicted octanol–water partition coefficient (Wildman–Crippen LogP) is 2.57. The Morgan fingerprint density at radius 2 is 2.09 bits per heavy atom. The van der Waals surface area contributed by atoms with E-state index < -0.39 is 5.91 Å². The van der Waals surface area contributed by atoms with Crippen LogP contribution in [0.2, 0.25) is 0 Å². The van der Waals surface area contributed by atoms with Gasteiger partial charge in [-0.05, 0) is 34.5 Å². The standard InChI is InChI=1S/C23H25FN4O3S2/c24-18-4-3-16-7-15(1-2-17(16)8-18)11-28-5-6-31-20(12-28)10-26-22(30)14-33-23-27-19(13-32-23)9-21(25)29/h1-4,7-8,13,20H,5-6,9-12,14H2,(H2,25,29)(H,26,30). The normalized spacial score (nSPS) is 16.7. The molecule has 4 rings (SSSR count). The molecule has 33 heavy (non-hydrogen) atoms. The minimum absolute atomic E-state index is 0.0794. The van der Waals surface area contributed by atoms with E-state index in [-0.39, 0.29) is 30.0 Å². The molecule has 2 aromatic carbocycles. The zero-order valence-corrected chi connectivity index (χ0v) is 19.6. The van der Waals surface area contributed by atoms with Gasteiger partial charge >= 0.3 is 0 Å². The zero-order valence-electron chi connectivity index (χ0n) is 18.0. The van der Waals surface area contributed by atoms with Crippen molar-refractivity contribution in [2.75, 3.05) is 32.0 Å². The van der Waals surface area contributed by atoms with Gasteiger partial charge < -0.3 is 15.8 Å². The van der Waals surface area contributed by atoms with Crippen molar-refractivity contribution in [3.63, 3.8) is 0 Å². The van der Waals surface area contributed by atoms with Crippen molar-refractivity contribution in [1.82, 2.24) is 15.2 Å². The lowest BCUT2D eigenvalue weighted by atomic mass is 10.1. The molecule has 10 heteroatoms. The summed E-state index contributed by atoms with van der Waals surface area (Å²) in [5, 5.41) is 6.62. The van der Waals surface area contributed by atoms with Crippen LogP contribution in [0.4, 0.5) is 4.39 Å². The summed E-state index contributed by atoms with van der Waals surface area (Å²) in [6, 6.07) is 10.9. The van der Waals surface area contributed by atoms with Crippen molar-refractivity contribution >= 4 is 45.7 Å². The molecule has 7 nitrogen and oxygen atoms in total. The van der Waals surface area contributed by atoms with Crippen LogP contribution in [0.5, 0.6) is 0 Å². The fourth-order valence-corrected chi connectivity index (χ4v) is 5.37. The third kappa shape index (κ3) is 6.97. The maximum absolute atomic E-state index is 13.4. The number of fused-ring (bicyclic) bond motifs is 1. The molecular weight excluding hydrogens is 463 g/mol. The Morgan fingerprint density at radius 1 is 1.27 bits per heavy atom. The van der Waals surface area contributed by atoms with Crippen LogP contribution in [-0.2, 0) is 27.3 Å². The summed E-state index contributed by atoms with van der Waals surface area (Å²) in [5.41, 5.74) is 6.96. The number of nitrogens with one attached hydrogen (secondary N) is 1. The first-order valence-corrected chi connectivity index (χ1v) is 12.5. The number of nitrogens with two attached hydrogens (primary N) is 1. The van der Waals surface area contributed by atoms with Gasteiger partial charge in [-0.3, -0.25) is 14.5 Å². The number of nitrogens with zero attached hydrogens (tertiary/aromatic N) is 2. The first-order valence-electron chi connectivity index (χ1n) is 10.6. The van der Waals surface area contributed by atoms with E-state index in [9.17, 15) is 14.0 Å². The highest BCUT2D eigenvalue weighted by Crippen LogP contribution is 2.23. The number of morpholine rings is 1. The van der Waals surface area contributed by atoms with Gasteiger partial charge in [0.1, 0.15) is 5.82 Å². The monoisotopic (exact) mass is 488 g/mol. The summed E-state index contributed by atoms with van der Waals surface area (Å²) in [4.78, 5) is 29.8. The molecule has 3 aromatic rings. The topological polar surface area (TPSA) is 97.5 Å². The number of hydrogen-bond donors (Lipinski definition) is 2. The molecule has 1 atom stereocenters. The van der Waals surface area contributed by atoms with Gasteiger partial charge in [-0.2, -0.15) is 0 Å². The van der Waals surface area contributed by atoms with Crippen LogP contribution in [0.25, 0.3) is 10.8 Å². The number of rotatable bonds is 9. The van der Waals surface area contributed by atoms with E-state index in [0.717, 1.165) is 40.3 Å². The summed E-state index contributed by atoms with van der Waals surface area (Å²) in [5.74, 6) is -0.495. The molecule has 0 radical (unpaired) electrons. The van der Waals surface area contributed by atoms with Gasteiger partial charge in [0.25, 0.3) is 0 Å². The Balaban J connectivity index is 1.21. The Morgan fingerprint density at radius 3 is 2.94 bits per heavy atom. The number of amides is 2. The molecule has 1 saturated heterocycles. The van der Waals surface area contributed by atoms with Crippen molar-refractivity contribution in [1.29, 1.82) is 0 Å². The summed E-state index contributed by atoms with van der Waals surface area (Å²) >= 11 is 2.73. The van der Waals surface area contributed by atoms with E-state index in [2.05, 4.69) is 21.3 Å². The largest absolute Gasteiger partial charge is 0.374 e. The van der Waals surface area contributed by atoms with Gasteiger partial charge in [-0.1, -0.05) is 30.0 Å². The van der Waals surface area contributed by atoms with Crippen LogP contribution < -0.4 is 11.1 Å². The number of thiazole rings is 1. The van der Waals surface area contributed by atoms with E-state index in [1.54, 1.807) is 17.5 Å². The maximum Gasteiger partial charge on any atom is 0.230 e. The first-order chi connectivity index (χ1) is 15.9. The molecule has 0 saturated carbocycles. The number of carbonyl (C=O) groups excluding carboxylic acids is 2. The van der Waals surface area contributed by atoms with Gasteiger partial charge in [0.15, 0.2) is 4.34 Å². The van der Waals surface area contributed by atoms with Crippen LogP contribution in [0, 0.1) is 5.82 Å². The SMILES string of the molecule is NC(=O)Cc1csc(SCC(=O)NCC2CN(Cc3ccc4cc(F)ccc4c3)CCO2)n1. The van der Waals surface area contributed by atoms with Crippen LogP contribution >= 0.6 is 23.1 Å². The molecule has 0 aliphatic carbocycles. The van der Waals surface area contributed by atoms with Crippen molar-refractivity contribution in [3.8, 4) is 0 Å². The quantitative estimate of drug-likeness (QED) is 0.450. The van der Waals surface area contributed by atoms with E-state index in [0.29, 0.717) is 18.8 Å². The minimum atomic E-state index is -0.424. The molecule has 2 heterocycles. The maximum atomic E-state index is 13.4. The van der Waals surface area contributed by atoms with E-state index in [1.165, 1.54) is 29.2 Å². The highest BCUT2D eigenvalue weighted by atomic mass is 32.2. The van der Waals surface area contributed by atoms with Crippen molar-refractivity contribution < 1.29 is 18.7 Å². The summed E-state index contributed by atoms with van der Waals surface area (Å²) in [6.45, 7) is 3.36. The molecule has 2 amide bonds. The number of halogens is 1. The number of aromatic nitrogens is 1. The average Bonchev–Trinajstić information content (AvgIpc) is 3.23. The number of hydrogen-bond acceptors (Lipinski definition) is 7. The number of carbonyl (C=O) groups is 2. The third-order valence-electron chi connectivity index (χ3n) is 5.24. The smallest absolute Gasteiger partial charge is 0.230 e. The summed E-state index contributed by atoms with van der Waals surface area (Å²) in [7, 11) is 0. The van der Waals surface area contributed by atoms with Crippen LogP contribution in [0.1, 0.15) is 11.3 Å². The second kappa shape index (κ2) is 11.1. The Hall–Kier alpha value is -2.53. The lowest BCUT2D eigenvalue weighted by Gasteiger charge is -2.33. The molecule has 0 spiro atoms. The molecule has 1 unspecified atom stereocenters. The second-order valence-corrected chi connectivity index (χ2v) is 9.97. The molecule has 174 valence electrons. The molecule has 1 aliphatic rings. The highest BCUT2D eigenvalue weighted by Gasteiger charge is 2.21. The molecular formula is C23H25FN4O3S2. The van der Waals surface area contributed by atoms with Gasteiger partial charge in [0.2, 0.25) is 11.8 Å². The van der Waals surface area contributed by atoms with E-state index >= 15 is 0 Å². The second-order valence-electron chi connectivity index (χ2n) is 7.89. The lowest BCUT2D eigenvalue weighted by Crippen LogP contribution is -2.47. The van der Waals surface area contributed by atoms with Gasteiger partial charge in [-0.15, -0.1) is 11.3 Å². The van der Waals surface area contributed by atoms with E-state index in [4.69, 9.17) is 10.5 Å². The highest BCUT2D eigenvalue weighted by molar-refractivity contribution is 8.01. The van der Waals surface area contributed by atoms with Crippen molar-refractivity contribution in [2.24, 2.45) is 5.73 Å². The Kier molecular flexibility index (Phi) is 7.92. The van der Waals surface area contributed by atoms with Crippen LogP contribution in [0.15, 0.2) is 46.1 Å². The Bertz CT molecular complexity index is 1140. The molecule has 1 aromatic heterocycles. The van der Waals surface area contributed by atoms with E-state index in [1.807, 2.05) is 12.1 Å². The predicted molar refractivity (Wildman–Crippen MR) is 128 cm³/mol. The minimum Gasteiger partial charge on any atom is -0.374 e. The number of primary amides is 1. The van der Waals surface area contributed by atoms with Crippen LogP contribution in [-0.4, -0.2) is 59.8 Å². The van der Waals surface area contributed by atoms with Gasteiger partial charge in [-0.25, -0.2) is 9.37 Å². The fourth-order valence-electron chi connectivity index (χ4n) is 3.69. The molecule has 1 fully saturated rings. The van der Waals surface area contributed by atoms with Crippen LogP contribution in [0.3, 0.4) is 0 Å². The van der Waals surface area contributed by atoms with Crippen molar-refractivity contribution in [3.05, 3.63) is 58.9 Å².